The van der Waals surface area contributed by atoms with Gasteiger partial charge in [0, 0.05) is 23.3 Å². The quantitative estimate of drug-likeness (QED) is 0.0548. The molecule has 6 unspecified atom stereocenters. The normalized spacial score (nSPS) is 18.2. The van der Waals surface area contributed by atoms with E-state index in [2.05, 4.69) is 0 Å². The van der Waals surface area contributed by atoms with Crippen LogP contribution in [0.3, 0.4) is 0 Å². The summed E-state index contributed by atoms with van der Waals surface area (Å²) in [6, 6.07) is 0. The molecule has 0 saturated carbocycles. The Hall–Kier alpha value is -3.58. The molecule has 6 heteroatoms. The highest BCUT2D eigenvalue weighted by Gasteiger charge is 2.24. The van der Waals surface area contributed by atoms with E-state index < -0.39 is 24.3 Å². The maximum absolute atomic E-state index is 11.2. The Bertz CT molecular complexity index is 1080. The highest BCUT2D eigenvalue weighted by atomic mass is 16.4. The van der Waals surface area contributed by atoms with Gasteiger partial charge in [0.05, 0.1) is 18.3 Å². The third kappa shape index (κ3) is 19.5. The minimum atomic E-state index is -0.930. The van der Waals surface area contributed by atoms with E-state index in [4.69, 9.17) is 5.11 Å². The Morgan fingerprint density at radius 1 is 0.643 bits per heavy atom. The Morgan fingerprint density at radius 3 is 1.71 bits per heavy atom. The second kappa shape index (κ2) is 24.1. The molecule has 230 valence electrons. The van der Waals surface area contributed by atoms with Crippen LogP contribution in [0.2, 0.25) is 0 Å². The summed E-state index contributed by atoms with van der Waals surface area (Å²) in [6.45, 7) is 8.50. The second-order valence-electron chi connectivity index (χ2n) is 10.2. The fourth-order valence-corrected chi connectivity index (χ4v) is 3.45. The Kier molecular flexibility index (Phi) is 22.0. The average molecular weight is 579 g/mol. The van der Waals surface area contributed by atoms with Gasteiger partial charge in [0.1, 0.15) is 5.78 Å². The third-order valence-corrected chi connectivity index (χ3v) is 6.64. The Balaban J connectivity index is 4.38. The molecule has 0 saturated heterocycles. The van der Waals surface area contributed by atoms with Crippen LogP contribution in [0.15, 0.2) is 121 Å². The molecule has 0 amide bonds. The van der Waals surface area contributed by atoms with Crippen LogP contribution in [0.5, 0.6) is 0 Å². The number of ketones is 1. The highest BCUT2D eigenvalue weighted by molar-refractivity contribution is 5.86. The maximum Gasteiger partial charge on any atom is 0.331 e. The molecular weight excluding hydrogens is 528 g/mol. The largest absolute Gasteiger partial charge is 0.478 e. The number of Topliss-reactive ketones (excluding diaryl/α,β-unsaturated/α-hetero) is 1. The number of aliphatic hydroxyl groups is 3. The van der Waals surface area contributed by atoms with Gasteiger partial charge < -0.3 is 20.4 Å². The van der Waals surface area contributed by atoms with E-state index in [0.717, 1.165) is 12.8 Å². The smallest absolute Gasteiger partial charge is 0.331 e. The molecule has 0 radical (unpaired) electrons. The summed E-state index contributed by atoms with van der Waals surface area (Å²) in [5.74, 6) is -1.74. The number of carbonyl (C=O) groups excluding carboxylic acids is 1. The van der Waals surface area contributed by atoms with E-state index in [9.17, 15) is 24.9 Å². The molecule has 0 aromatic heterocycles. The number of aliphatic hydroxyl groups excluding tert-OH is 3. The van der Waals surface area contributed by atoms with Crippen LogP contribution >= 0.6 is 0 Å². The molecule has 0 bridgehead atoms. The number of carboxylic acid groups (broad SMARTS) is 1. The summed E-state index contributed by atoms with van der Waals surface area (Å²) in [6.07, 6.45) is 34.8. The van der Waals surface area contributed by atoms with Gasteiger partial charge >= 0.3 is 5.97 Å². The van der Waals surface area contributed by atoms with E-state index in [0.29, 0.717) is 6.42 Å². The predicted molar refractivity (Wildman–Crippen MR) is 174 cm³/mol. The molecule has 0 rings (SSSR count). The minimum Gasteiger partial charge on any atom is -0.478 e. The summed E-state index contributed by atoms with van der Waals surface area (Å²) < 4.78 is 0. The number of rotatable bonds is 20. The molecule has 0 aromatic carbocycles. The van der Waals surface area contributed by atoms with Gasteiger partial charge in [-0.05, 0) is 33.1 Å². The molecule has 0 aliphatic rings. The monoisotopic (exact) mass is 578 g/mol. The summed E-state index contributed by atoms with van der Waals surface area (Å²) in [5, 5.41) is 39.7. The van der Waals surface area contributed by atoms with Crippen molar-refractivity contribution in [2.24, 2.45) is 17.8 Å². The molecule has 0 aliphatic heterocycles. The summed E-state index contributed by atoms with van der Waals surface area (Å²) in [7, 11) is 0. The lowest BCUT2D eigenvalue weighted by Crippen LogP contribution is -2.32. The first kappa shape index (κ1) is 38.4. The van der Waals surface area contributed by atoms with Crippen LogP contribution in [0, 0.1) is 17.8 Å². The third-order valence-electron chi connectivity index (χ3n) is 6.64. The number of allylic oxidation sites excluding steroid dienone is 16. The van der Waals surface area contributed by atoms with E-state index in [-0.39, 0.29) is 29.1 Å². The van der Waals surface area contributed by atoms with Crippen LogP contribution in [0.1, 0.15) is 53.9 Å². The van der Waals surface area contributed by atoms with Gasteiger partial charge in [0.25, 0.3) is 0 Å². The van der Waals surface area contributed by atoms with Crippen molar-refractivity contribution in [1.29, 1.82) is 0 Å². The van der Waals surface area contributed by atoms with E-state index >= 15 is 0 Å². The van der Waals surface area contributed by atoms with Gasteiger partial charge in [-0.2, -0.15) is 0 Å². The van der Waals surface area contributed by atoms with Crippen molar-refractivity contribution in [3.05, 3.63) is 121 Å². The van der Waals surface area contributed by atoms with Gasteiger partial charge in [-0.15, -0.1) is 0 Å². The first-order valence-electron chi connectivity index (χ1n) is 14.4. The SMILES string of the molecule is CC(=O)C(C)C(O)C/C=C/C=C/C=C/C=C/C=C/C=C/C(O)C(C)C(O)C(C)/C=C/CC/C=C/C=C/C=C(\C)C(=O)O. The van der Waals surface area contributed by atoms with Crippen LogP contribution in [0.4, 0.5) is 0 Å². The molecule has 0 aliphatic carbocycles. The van der Waals surface area contributed by atoms with Gasteiger partial charge in [0.2, 0.25) is 0 Å². The number of unbranched alkanes of at least 4 members (excludes halogenated alkanes) is 1. The minimum absolute atomic E-state index is 0.0155. The summed E-state index contributed by atoms with van der Waals surface area (Å²) in [5.41, 5.74) is 0.283. The molecule has 0 heterocycles. The van der Waals surface area contributed by atoms with E-state index in [1.807, 2.05) is 98.9 Å². The molecule has 0 spiro atoms. The van der Waals surface area contributed by atoms with E-state index in [1.165, 1.54) is 6.92 Å². The van der Waals surface area contributed by atoms with Gasteiger partial charge in [-0.1, -0.05) is 136 Å². The zero-order valence-corrected chi connectivity index (χ0v) is 25.7. The lowest BCUT2D eigenvalue weighted by Gasteiger charge is -2.25. The van der Waals surface area contributed by atoms with Gasteiger partial charge in [0.15, 0.2) is 0 Å². The maximum atomic E-state index is 11.2. The molecule has 0 fully saturated rings. The van der Waals surface area contributed by atoms with Gasteiger partial charge in [-0.3, -0.25) is 4.79 Å². The molecule has 6 nitrogen and oxygen atoms in total. The number of carbonyl (C=O) groups is 2. The molecule has 4 N–H and O–H groups in total. The van der Waals surface area contributed by atoms with E-state index in [1.54, 1.807) is 44.2 Å². The summed E-state index contributed by atoms with van der Waals surface area (Å²) >= 11 is 0. The Labute approximate surface area is 252 Å². The first-order valence-corrected chi connectivity index (χ1v) is 14.4. The number of hydrogen-bond donors (Lipinski definition) is 4. The van der Waals surface area contributed by atoms with Crippen molar-refractivity contribution < 1.29 is 30.0 Å². The first-order chi connectivity index (χ1) is 20.0. The number of carboxylic acids is 1. The topological polar surface area (TPSA) is 115 Å². The van der Waals surface area contributed by atoms with Crippen LogP contribution in [-0.4, -0.2) is 50.5 Å². The van der Waals surface area contributed by atoms with Crippen LogP contribution < -0.4 is 0 Å². The average Bonchev–Trinajstić information content (AvgIpc) is 2.96. The predicted octanol–water partition coefficient (Wildman–Crippen LogP) is 6.77. The fourth-order valence-electron chi connectivity index (χ4n) is 3.45. The summed E-state index contributed by atoms with van der Waals surface area (Å²) in [4.78, 5) is 21.9. The lowest BCUT2D eigenvalue weighted by atomic mass is 9.88. The molecule has 42 heavy (non-hydrogen) atoms. The number of hydrogen-bond acceptors (Lipinski definition) is 5. The molecule has 6 atom stereocenters. The molecular formula is C36H50O6. The zero-order chi connectivity index (χ0) is 31.8. The van der Waals surface area contributed by atoms with Crippen molar-refractivity contribution >= 4 is 11.8 Å². The van der Waals surface area contributed by atoms with Crippen molar-refractivity contribution in [1.82, 2.24) is 0 Å². The van der Waals surface area contributed by atoms with Crippen molar-refractivity contribution in [2.45, 2.75) is 72.2 Å². The number of aliphatic carboxylic acids is 1. The second-order valence-corrected chi connectivity index (χ2v) is 10.2. The molecule has 0 aromatic rings. The standard InChI is InChI=1S/C36H50O6/c1-28(24-20-16-12-11-13-17-21-25-29(2)36(41)42)35(40)31(4)34(39)27-23-19-15-10-8-6-7-9-14-18-22-26-33(38)30(3)32(5)37/h6-11,13-15,17-25,27-28,30-31,33-35,38-40H,12,16,26H2,1-5H3,(H,41,42)/b7-6+,10-8+,13-11+,14-9+,19-15+,21-17+,22-18+,24-20+,27-23+,29-25+. The van der Waals surface area contributed by atoms with Gasteiger partial charge in [-0.25, -0.2) is 4.79 Å². The zero-order valence-electron chi connectivity index (χ0n) is 25.7. The van der Waals surface area contributed by atoms with Crippen LogP contribution in [0.25, 0.3) is 0 Å². The highest BCUT2D eigenvalue weighted by Crippen LogP contribution is 2.19. The Morgan fingerprint density at radius 2 is 1.14 bits per heavy atom. The lowest BCUT2D eigenvalue weighted by molar-refractivity contribution is -0.132. The van der Waals surface area contributed by atoms with Crippen LogP contribution in [-0.2, 0) is 9.59 Å². The van der Waals surface area contributed by atoms with Crippen molar-refractivity contribution in [3.8, 4) is 0 Å². The fraction of sp³-hybridized carbons (Fsp3) is 0.389. The van der Waals surface area contributed by atoms with Crippen molar-refractivity contribution in [2.75, 3.05) is 0 Å². The van der Waals surface area contributed by atoms with Crippen molar-refractivity contribution in [3.63, 3.8) is 0 Å².